The van der Waals surface area contributed by atoms with Gasteiger partial charge in [-0.15, -0.1) is 0 Å². The molecule has 0 bridgehead atoms. The van der Waals surface area contributed by atoms with Gasteiger partial charge in [0.1, 0.15) is 12.4 Å². The first-order chi connectivity index (χ1) is 10.1. The number of nitrogens with zero attached hydrogens (tertiary/aromatic N) is 2. The van der Waals surface area contributed by atoms with Crippen molar-refractivity contribution in [2.24, 2.45) is 0 Å². The Morgan fingerprint density at radius 3 is 3.00 bits per heavy atom. The molecular formula is C14H12FN3O3. The number of aromatic nitrogens is 3. The highest BCUT2D eigenvalue weighted by Crippen LogP contribution is 2.20. The van der Waals surface area contributed by atoms with Gasteiger partial charge >= 0.3 is 5.97 Å². The first-order valence-electron chi connectivity index (χ1n) is 6.42. The van der Waals surface area contributed by atoms with E-state index in [-0.39, 0.29) is 13.2 Å². The lowest BCUT2D eigenvalue weighted by Gasteiger charge is -2.01. The maximum atomic E-state index is 13.4. The minimum absolute atomic E-state index is 0.224. The Hall–Kier alpha value is -2.70. The highest BCUT2D eigenvalue weighted by molar-refractivity contribution is 6.02. The summed E-state index contributed by atoms with van der Waals surface area (Å²) in [6.07, 6.45) is 1.41. The van der Waals surface area contributed by atoms with E-state index in [1.165, 1.54) is 24.4 Å². The monoisotopic (exact) mass is 289 g/mol. The van der Waals surface area contributed by atoms with E-state index in [2.05, 4.69) is 10.1 Å². The van der Waals surface area contributed by atoms with Crippen LogP contribution in [0.15, 0.2) is 29.2 Å². The molecule has 108 valence electrons. The normalized spacial score (nSPS) is 11.1. The van der Waals surface area contributed by atoms with Gasteiger partial charge in [0.2, 0.25) is 0 Å². The number of esters is 1. The smallest absolute Gasteiger partial charge is 0.327 e. The molecule has 0 aliphatic rings. The van der Waals surface area contributed by atoms with Gasteiger partial charge in [-0.2, -0.15) is 0 Å². The van der Waals surface area contributed by atoms with Gasteiger partial charge in [-0.1, -0.05) is 0 Å². The lowest BCUT2D eigenvalue weighted by Crippen LogP contribution is -2.23. The second-order valence-corrected chi connectivity index (χ2v) is 4.52. The third-order valence-corrected chi connectivity index (χ3v) is 3.14. The summed E-state index contributed by atoms with van der Waals surface area (Å²) in [5.41, 5.74) is 0.624. The van der Waals surface area contributed by atoms with Crippen LogP contribution < -0.4 is 5.56 Å². The van der Waals surface area contributed by atoms with Gasteiger partial charge in [-0.3, -0.25) is 19.7 Å². The average Bonchev–Trinajstić information content (AvgIpc) is 2.76. The largest absolute Gasteiger partial charge is 0.465 e. The summed E-state index contributed by atoms with van der Waals surface area (Å²) in [5, 5.41) is 3.62. The van der Waals surface area contributed by atoms with Gasteiger partial charge in [-0.25, -0.2) is 9.07 Å². The van der Waals surface area contributed by atoms with Gasteiger partial charge in [0.25, 0.3) is 5.56 Å². The van der Waals surface area contributed by atoms with E-state index in [1.807, 2.05) is 0 Å². The number of pyridine rings is 1. The molecule has 1 N–H and O–H groups in total. The molecule has 0 saturated carbocycles. The molecule has 0 spiro atoms. The molecule has 0 saturated heterocycles. The fourth-order valence-corrected chi connectivity index (χ4v) is 2.23. The molecule has 3 rings (SSSR count). The van der Waals surface area contributed by atoms with Crippen LogP contribution in [-0.4, -0.2) is 27.3 Å². The van der Waals surface area contributed by atoms with E-state index in [0.29, 0.717) is 21.8 Å². The van der Waals surface area contributed by atoms with Crippen LogP contribution in [0, 0.1) is 5.82 Å². The zero-order chi connectivity index (χ0) is 15.0. The predicted octanol–water partition coefficient (Wildman–Crippen LogP) is 1.58. The van der Waals surface area contributed by atoms with Crippen LogP contribution in [0.1, 0.15) is 6.92 Å². The van der Waals surface area contributed by atoms with Crippen LogP contribution in [0.4, 0.5) is 4.39 Å². The summed E-state index contributed by atoms with van der Waals surface area (Å²) in [4.78, 5) is 27.8. The lowest BCUT2D eigenvalue weighted by molar-refractivity contribution is -0.144. The summed E-state index contributed by atoms with van der Waals surface area (Å²) < 4.78 is 19.3. The quantitative estimate of drug-likeness (QED) is 0.743. The topological polar surface area (TPSA) is 77.0 Å². The zero-order valence-corrected chi connectivity index (χ0v) is 11.2. The Bertz CT molecular complexity index is 897. The van der Waals surface area contributed by atoms with Crippen molar-refractivity contribution in [3.05, 3.63) is 40.6 Å². The summed E-state index contributed by atoms with van der Waals surface area (Å²) in [7, 11) is 0. The minimum Gasteiger partial charge on any atom is -0.465 e. The van der Waals surface area contributed by atoms with Gasteiger partial charge in [-0.05, 0) is 25.1 Å². The molecule has 0 aliphatic carbocycles. The molecule has 0 fully saturated rings. The van der Waals surface area contributed by atoms with Crippen molar-refractivity contribution in [3.8, 4) is 0 Å². The van der Waals surface area contributed by atoms with E-state index in [4.69, 9.17) is 4.74 Å². The van der Waals surface area contributed by atoms with Crippen LogP contribution in [0.5, 0.6) is 0 Å². The first-order valence-corrected chi connectivity index (χ1v) is 6.42. The number of carbonyl (C=O) groups excluding carboxylic acids is 1. The van der Waals surface area contributed by atoms with Crippen molar-refractivity contribution < 1.29 is 13.9 Å². The van der Waals surface area contributed by atoms with Crippen LogP contribution in [0.2, 0.25) is 0 Å². The Morgan fingerprint density at radius 1 is 1.43 bits per heavy atom. The molecule has 2 aromatic heterocycles. The van der Waals surface area contributed by atoms with Crippen molar-refractivity contribution in [2.45, 2.75) is 13.5 Å². The van der Waals surface area contributed by atoms with E-state index >= 15 is 0 Å². The summed E-state index contributed by atoms with van der Waals surface area (Å²) in [5.74, 6) is -0.939. The second-order valence-electron chi connectivity index (χ2n) is 4.52. The van der Waals surface area contributed by atoms with Gasteiger partial charge < -0.3 is 4.74 Å². The summed E-state index contributed by atoms with van der Waals surface area (Å²) in [6.45, 7) is 1.70. The number of halogens is 1. The molecule has 2 heterocycles. The highest BCUT2D eigenvalue weighted by atomic mass is 19.1. The molecular weight excluding hydrogens is 277 g/mol. The van der Waals surface area contributed by atoms with Crippen molar-refractivity contribution >= 4 is 27.8 Å². The maximum absolute atomic E-state index is 13.4. The number of H-pyrrole nitrogens is 1. The molecule has 0 unspecified atom stereocenters. The van der Waals surface area contributed by atoms with Crippen molar-refractivity contribution in [3.63, 3.8) is 0 Å². The molecule has 0 amide bonds. The van der Waals surface area contributed by atoms with Crippen LogP contribution in [0.3, 0.4) is 0 Å². The molecule has 0 aliphatic heterocycles. The highest BCUT2D eigenvalue weighted by Gasteiger charge is 2.13. The molecule has 0 radical (unpaired) electrons. The number of benzene rings is 1. The van der Waals surface area contributed by atoms with Crippen molar-refractivity contribution in [2.75, 3.05) is 6.61 Å². The van der Waals surface area contributed by atoms with Gasteiger partial charge in [0.05, 0.1) is 23.0 Å². The number of nitrogens with one attached hydrogen (secondary N) is 1. The molecule has 1 aromatic carbocycles. The standard InChI is InChI=1S/C14H12FN3O3/c1-2-21-12(19)7-18-14(20)10-6-16-11-4-3-8(15)5-9(11)13(10)17-18/h3-6,17H,2,7H2,1H3. The fraction of sp³-hybridized carbons (Fsp3) is 0.214. The molecule has 6 nitrogen and oxygen atoms in total. The number of rotatable bonds is 3. The van der Waals surface area contributed by atoms with Gasteiger partial charge in [0.15, 0.2) is 0 Å². The van der Waals surface area contributed by atoms with E-state index in [1.54, 1.807) is 6.92 Å². The van der Waals surface area contributed by atoms with E-state index in [9.17, 15) is 14.0 Å². The number of hydrogen-bond donors (Lipinski definition) is 1. The Balaban J connectivity index is 2.19. The van der Waals surface area contributed by atoms with Gasteiger partial charge in [0, 0.05) is 11.6 Å². The van der Waals surface area contributed by atoms with Crippen LogP contribution in [0.25, 0.3) is 21.8 Å². The number of hydrogen-bond acceptors (Lipinski definition) is 4. The lowest BCUT2D eigenvalue weighted by atomic mass is 10.2. The second kappa shape index (κ2) is 5.01. The number of ether oxygens (including phenoxy) is 1. The van der Waals surface area contributed by atoms with E-state index < -0.39 is 17.3 Å². The third kappa shape index (κ3) is 2.26. The molecule has 7 heteroatoms. The molecule has 3 aromatic rings. The van der Waals surface area contributed by atoms with Crippen molar-refractivity contribution in [1.29, 1.82) is 0 Å². The predicted molar refractivity (Wildman–Crippen MR) is 74.5 cm³/mol. The zero-order valence-electron chi connectivity index (χ0n) is 11.2. The third-order valence-electron chi connectivity index (χ3n) is 3.14. The fourth-order valence-electron chi connectivity index (χ4n) is 2.23. The van der Waals surface area contributed by atoms with Crippen LogP contribution >= 0.6 is 0 Å². The van der Waals surface area contributed by atoms with Crippen molar-refractivity contribution in [1.82, 2.24) is 14.8 Å². The maximum Gasteiger partial charge on any atom is 0.327 e. The molecule has 0 atom stereocenters. The number of carbonyl (C=O) groups is 1. The molecule has 21 heavy (non-hydrogen) atoms. The van der Waals surface area contributed by atoms with Crippen LogP contribution in [-0.2, 0) is 16.1 Å². The Morgan fingerprint density at radius 2 is 2.24 bits per heavy atom. The Kier molecular flexibility index (Phi) is 3.17. The van der Waals surface area contributed by atoms with E-state index in [0.717, 1.165) is 4.68 Å². The summed E-state index contributed by atoms with van der Waals surface area (Å²) in [6, 6.07) is 4.13. The number of fused-ring (bicyclic) bond motifs is 3. The minimum atomic E-state index is -0.519. The number of aromatic amines is 1. The average molecular weight is 289 g/mol. The first kappa shape index (κ1) is 13.3. The summed E-state index contributed by atoms with van der Waals surface area (Å²) >= 11 is 0. The SMILES string of the molecule is CCOC(=O)Cn1[nH]c2c(cnc3ccc(F)cc32)c1=O. The Labute approximate surface area is 118 Å².